The smallest absolute Gasteiger partial charge is 0.0831 e. The number of methoxy groups -OCH3 is 1. The first-order chi connectivity index (χ1) is 8.89. The van der Waals surface area contributed by atoms with Gasteiger partial charge in [-0.05, 0) is 50.5 Å². The van der Waals surface area contributed by atoms with Crippen LogP contribution in [-0.4, -0.2) is 25.8 Å². The molecule has 0 radical (unpaired) electrons. The van der Waals surface area contributed by atoms with Gasteiger partial charge in [-0.1, -0.05) is 40.5 Å². The highest BCUT2D eigenvalue weighted by Crippen LogP contribution is 2.44. The van der Waals surface area contributed by atoms with E-state index < -0.39 is 0 Å². The van der Waals surface area contributed by atoms with Crippen molar-refractivity contribution in [3.63, 3.8) is 0 Å². The first-order valence-corrected chi connectivity index (χ1v) is 8.11. The van der Waals surface area contributed by atoms with Gasteiger partial charge in [-0.15, -0.1) is 0 Å². The van der Waals surface area contributed by atoms with Gasteiger partial charge < -0.3 is 10.1 Å². The minimum absolute atomic E-state index is 0.0618. The number of hydrogen-bond acceptors (Lipinski definition) is 2. The first kappa shape index (κ1) is 17.0. The fourth-order valence-corrected chi connectivity index (χ4v) is 3.65. The van der Waals surface area contributed by atoms with Gasteiger partial charge >= 0.3 is 0 Å². The van der Waals surface area contributed by atoms with E-state index in [1.54, 1.807) is 0 Å². The third kappa shape index (κ3) is 4.46. The van der Waals surface area contributed by atoms with E-state index in [2.05, 4.69) is 40.1 Å². The molecule has 0 heterocycles. The summed E-state index contributed by atoms with van der Waals surface area (Å²) in [4.78, 5) is 0. The van der Waals surface area contributed by atoms with Crippen molar-refractivity contribution in [2.75, 3.05) is 14.2 Å². The van der Waals surface area contributed by atoms with E-state index in [-0.39, 0.29) is 5.60 Å². The molecule has 1 rings (SSSR count). The van der Waals surface area contributed by atoms with E-state index in [9.17, 15) is 0 Å². The van der Waals surface area contributed by atoms with Crippen LogP contribution >= 0.6 is 0 Å². The predicted octanol–water partition coefficient (Wildman–Crippen LogP) is 4.39. The topological polar surface area (TPSA) is 21.3 Å². The molecule has 0 aromatic heterocycles. The molecule has 0 bridgehead atoms. The molecule has 0 aromatic rings. The Morgan fingerprint density at radius 3 is 2.16 bits per heavy atom. The lowest BCUT2D eigenvalue weighted by Gasteiger charge is -2.47. The summed E-state index contributed by atoms with van der Waals surface area (Å²) >= 11 is 0. The molecule has 0 aromatic carbocycles. The van der Waals surface area contributed by atoms with Crippen LogP contribution in [0.3, 0.4) is 0 Å². The average Bonchev–Trinajstić information content (AvgIpc) is 2.37. The normalized spacial score (nSPS) is 24.9. The summed E-state index contributed by atoms with van der Waals surface area (Å²) in [5.41, 5.74) is 0.557. The predicted molar refractivity (Wildman–Crippen MR) is 83.5 cm³/mol. The van der Waals surface area contributed by atoms with Crippen LogP contribution in [0.1, 0.15) is 72.6 Å². The van der Waals surface area contributed by atoms with Crippen LogP contribution < -0.4 is 5.32 Å². The lowest BCUT2D eigenvalue weighted by atomic mass is 9.67. The fourth-order valence-electron chi connectivity index (χ4n) is 3.65. The Morgan fingerprint density at radius 2 is 1.74 bits per heavy atom. The summed E-state index contributed by atoms with van der Waals surface area (Å²) in [5, 5.41) is 3.56. The maximum absolute atomic E-state index is 6.04. The molecule has 1 aliphatic rings. The van der Waals surface area contributed by atoms with Crippen molar-refractivity contribution in [1.29, 1.82) is 0 Å². The second kappa shape index (κ2) is 7.08. The van der Waals surface area contributed by atoms with E-state index in [1.165, 1.54) is 44.9 Å². The second-order valence-corrected chi connectivity index (χ2v) is 7.40. The lowest BCUT2D eigenvalue weighted by molar-refractivity contribution is -0.0890. The van der Waals surface area contributed by atoms with Crippen molar-refractivity contribution in [2.45, 2.75) is 84.3 Å². The van der Waals surface area contributed by atoms with Crippen LogP contribution in [0.15, 0.2) is 0 Å². The van der Waals surface area contributed by atoms with Crippen molar-refractivity contribution < 1.29 is 4.74 Å². The molecule has 0 aliphatic heterocycles. The molecule has 0 saturated heterocycles. The van der Waals surface area contributed by atoms with Gasteiger partial charge in [-0.2, -0.15) is 0 Å². The third-order valence-electron chi connectivity index (χ3n) is 5.26. The Morgan fingerprint density at radius 1 is 1.16 bits per heavy atom. The zero-order valence-electron chi connectivity index (χ0n) is 14.0. The van der Waals surface area contributed by atoms with E-state index >= 15 is 0 Å². The van der Waals surface area contributed by atoms with Crippen molar-refractivity contribution in [1.82, 2.24) is 5.32 Å². The SMILES string of the molecule is CCCC(C)CC(NC)C1(OC)CCC(C)(C)CC1. The van der Waals surface area contributed by atoms with E-state index in [1.807, 2.05) is 7.11 Å². The highest BCUT2D eigenvalue weighted by Gasteiger charge is 2.43. The average molecular weight is 269 g/mol. The molecular formula is C17H35NO. The van der Waals surface area contributed by atoms with Crippen LogP contribution in [0.2, 0.25) is 0 Å². The lowest BCUT2D eigenvalue weighted by Crippen LogP contribution is -2.54. The van der Waals surface area contributed by atoms with Crippen LogP contribution in [-0.2, 0) is 4.74 Å². The summed E-state index contributed by atoms with van der Waals surface area (Å²) in [5.74, 6) is 0.782. The molecule has 0 spiro atoms. The summed E-state index contributed by atoms with van der Waals surface area (Å²) in [6.45, 7) is 9.44. The number of hydrogen-bond donors (Lipinski definition) is 1. The number of likely N-dealkylation sites (N-methyl/N-ethyl adjacent to an activating group) is 1. The molecule has 1 N–H and O–H groups in total. The van der Waals surface area contributed by atoms with E-state index in [0.717, 1.165) is 5.92 Å². The Kier molecular flexibility index (Phi) is 6.32. The maximum atomic E-state index is 6.04. The van der Waals surface area contributed by atoms with Crippen molar-refractivity contribution in [3.8, 4) is 0 Å². The Hall–Kier alpha value is -0.0800. The molecule has 2 unspecified atom stereocenters. The summed E-state index contributed by atoms with van der Waals surface area (Å²) in [7, 11) is 4.01. The summed E-state index contributed by atoms with van der Waals surface area (Å²) in [6, 6.07) is 0.496. The van der Waals surface area contributed by atoms with Crippen molar-refractivity contribution in [3.05, 3.63) is 0 Å². The van der Waals surface area contributed by atoms with Gasteiger partial charge in [0, 0.05) is 13.2 Å². The largest absolute Gasteiger partial charge is 0.377 e. The minimum Gasteiger partial charge on any atom is -0.377 e. The molecule has 0 amide bonds. The molecule has 1 fully saturated rings. The maximum Gasteiger partial charge on any atom is 0.0831 e. The van der Waals surface area contributed by atoms with Gasteiger partial charge in [0.25, 0.3) is 0 Å². The van der Waals surface area contributed by atoms with Crippen molar-refractivity contribution in [2.24, 2.45) is 11.3 Å². The molecule has 1 saturated carbocycles. The molecule has 1 aliphatic carbocycles. The molecular weight excluding hydrogens is 234 g/mol. The van der Waals surface area contributed by atoms with Gasteiger partial charge in [0.2, 0.25) is 0 Å². The zero-order valence-corrected chi connectivity index (χ0v) is 14.0. The van der Waals surface area contributed by atoms with Crippen molar-refractivity contribution >= 4 is 0 Å². The van der Waals surface area contributed by atoms with Crippen LogP contribution in [0.4, 0.5) is 0 Å². The van der Waals surface area contributed by atoms with Gasteiger partial charge in [-0.25, -0.2) is 0 Å². The molecule has 114 valence electrons. The first-order valence-electron chi connectivity index (χ1n) is 8.11. The molecule has 2 nitrogen and oxygen atoms in total. The highest BCUT2D eigenvalue weighted by atomic mass is 16.5. The quantitative estimate of drug-likeness (QED) is 0.740. The molecule has 2 atom stereocenters. The van der Waals surface area contributed by atoms with E-state index in [0.29, 0.717) is 11.5 Å². The van der Waals surface area contributed by atoms with Crippen LogP contribution in [0.5, 0.6) is 0 Å². The van der Waals surface area contributed by atoms with Gasteiger partial charge in [-0.3, -0.25) is 0 Å². The van der Waals surface area contributed by atoms with Crippen LogP contribution in [0, 0.1) is 11.3 Å². The molecule has 2 heteroatoms. The number of ether oxygens (including phenoxy) is 1. The molecule has 19 heavy (non-hydrogen) atoms. The number of rotatable bonds is 7. The Bertz CT molecular complexity index is 252. The highest BCUT2D eigenvalue weighted by molar-refractivity contribution is 4.98. The zero-order chi connectivity index (χ0) is 14.5. The van der Waals surface area contributed by atoms with E-state index in [4.69, 9.17) is 4.74 Å². The van der Waals surface area contributed by atoms with Crippen LogP contribution in [0.25, 0.3) is 0 Å². The standard InChI is InChI=1S/C17H35NO/c1-7-8-14(2)13-15(18-5)17(19-6)11-9-16(3,4)10-12-17/h14-15,18H,7-13H2,1-6H3. The third-order valence-corrected chi connectivity index (χ3v) is 5.26. The van der Waals surface area contributed by atoms with Gasteiger partial charge in [0.1, 0.15) is 0 Å². The summed E-state index contributed by atoms with van der Waals surface area (Å²) in [6.07, 6.45) is 8.79. The summed E-state index contributed by atoms with van der Waals surface area (Å²) < 4.78 is 6.04. The Balaban J connectivity index is 2.70. The minimum atomic E-state index is 0.0618. The fraction of sp³-hybridized carbons (Fsp3) is 1.00. The monoisotopic (exact) mass is 269 g/mol. The number of nitrogens with one attached hydrogen (secondary N) is 1. The van der Waals surface area contributed by atoms with Gasteiger partial charge in [0.05, 0.1) is 5.60 Å². The second-order valence-electron chi connectivity index (χ2n) is 7.40. The van der Waals surface area contributed by atoms with Gasteiger partial charge in [0.15, 0.2) is 0 Å². The Labute approximate surface area is 120 Å².